The predicted octanol–water partition coefficient (Wildman–Crippen LogP) is 3.20. The van der Waals surface area contributed by atoms with Gasteiger partial charge in [-0.05, 0) is 55.2 Å². The maximum absolute atomic E-state index is 5.99. The molecule has 2 aliphatic rings. The first-order valence-corrected chi connectivity index (χ1v) is 7.75. The van der Waals surface area contributed by atoms with Crippen molar-refractivity contribution >= 4 is 5.69 Å². The van der Waals surface area contributed by atoms with Crippen LogP contribution in [-0.2, 0) is 6.42 Å². The van der Waals surface area contributed by atoms with E-state index < -0.39 is 0 Å². The van der Waals surface area contributed by atoms with E-state index in [4.69, 9.17) is 5.73 Å². The van der Waals surface area contributed by atoms with Crippen molar-refractivity contribution in [2.45, 2.75) is 39.0 Å². The second-order valence-electron chi connectivity index (χ2n) is 6.69. The van der Waals surface area contributed by atoms with Gasteiger partial charge in [-0.3, -0.25) is 0 Å². The molecule has 0 radical (unpaired) electrons. The molecule has 1 heterocycles. The lowest BCUT2D eigenvalue weighted by molar-refractivity contribution is 0.133. The molecule has 0 aromatic heterocycles. The maximum atomic E-state index is 5.99. The molecule has 1 atom stereocenters. The Morgan fingerprint density at radius 3 is 2.79 bits per heavy atom. The number of rotatable bonds is 4. The van der Waals surface area contributed by atoms with E-state index in [1.807, 2.05) is 0 Å². The van der Waals surface area contributed by atoms with Gasteiger partial charge in [-0.1, -0.05) is 31.5 Å². The third kappa shape index (κ3) is 2.51. The van der Waals surface area contributed by atoms with E-state index in [-0.39, 0.29) is 0 Å². The van der Waals surface area contributed by atoms with Gasteiger partial charge >= 0.3 is 0 Å². The quantitative estimate of drug-likeness (QED) is 0.898. The number of anilines is 1. The SMILES string of the molecule is CC1Cc2ccccc2N(CCC2(CN)CCC2)C1. The second-order valence-corrected chi connectivity index (χ2v) is 6.69. The van der Waals surface area contributed by atoms with E-state index in [1.165, 1.54) is 56.4 Å². The minimum Gasteiger partial charge on any atom is -0.371 e. The van der Waals surface area contributed by atoms with Crippen molar-refractivity contribution in [2.75, 3.05) is 24.5 Å². The Morgan fingerprint density at radius 2 is 2.11 bits per heavy atom. The lowest BCUT2D eigenvalue weighted by atomic mass is 9.66. The molecule has 1 aromatic rings. The zero-order chi connectivity index (χ0) is 13.3. The summed E-state index contributed by atoms with van der Waals surface area (Å²) in [6, 6.07) is 8.92. The first-order valence-electron chi connectivity index (χ1n) is 7.75. The Balaban J connectivity index is 1.71. The van der Waals surface area contributed by atoms with Crippen LogP contribution in [0.2, 0.25) is 0 Å². The zero-order valence-corrected chi connectivity index (χ0v) is 12.1. The molecule has 1 aromatic carbocycles. The Labute approximate surface area is 117 Å². The molecule has 19 heavy (non-hydrogen) atoms. The molecule has 1 aliphatic heterocycles. The number of para-hydroxylation sites is 1. The largest absolute Gasteiger partial charge is 0.371 e. The normalized spacial score (nSPS) is 24.7. The predicted molar refractivity (Wildman–Crippen MR) is 81.5 cm³/mol. The lowest BCUT2D eigenvalue weighted by Crippen LogP contribution is -2.42. The van der Waals surface area contributed by atoms with Crippen molar-refractivity contribution in [1.29, 1.82) is 0 Å². The van der Waals surface area contributed by atoms with Crippen molar-refractivity contribution in [3.8, 4) is 0 Å². The summed E-state index contributed by atoms with van der Waals surface area (Å²) in [6.07, 6.45) is 6.56. The van der Waals surface area contributed by atoms with E-state index in [9.17, 15) is 0 Å². The van der Waals surface area contributed by atoms with Gasteiger partial charge in [0, 0.05) is 18.8 Å². The summed E-state index contributed by atoms with van der Waals surface area (Å²) in [4.78, 5) is 2.60. The number of fused-ring (bicyclic) bond motifs is 1. The van der Waals surface area contributed by atoms with Crippen LogP contribution >= 0.6 is 0 Å². The van der Waals surface area contributed by atoms with Crippen molar-refractivity contribution in [3.63, 3.8) is 0 Å². The van der Waals surface area contributed by atoms with Crippen LogP contribution in [0.3, 0.4) is 0 Å². The molecule has 2 heteroatoms. The topological polar surface area (TPSA) is 29.3 Å². The number of benzene rings is 1. The highest BCUT2D eigenvalue weighted by atomic mass is 15.1. The molecule has 3 rings (SSSR count). The molecule has 2 N–H and O–H groups in total. The average Bonchev–Trinajstić information content (AvgIpc) is 2.37. The smallest absolute Gasteiger partial charge is 0.0398 e. The van der Waals surface area contributed by atoms with E-state index in [0.29, 0.717) is 5.41 Å². The number of nitrogens with two attached hydrogens (primary N) is 1. The summed E-state index contributed by atoms with van der Waals surface area (Å²) in [7, 11) is 0. The summed E-state index contributed by atoms with van der Waals surface area (Å²) in [5.41, 5.74) is 9.45. The second kappa shape index (κ2) is 5.16. The highest BCUT2D eigenvalue weighted by Crippen LogP contribution is 2.43. The molecule has 0 amide bonds. The van der Waals surface area contributed by atoms with E-state index in [0.717, 1.165) is 12.5 Å². The molecule has 1 unspecified atom stereocenters. The van der Waals surface area contributed by atoms with Crippen molar-refractivity contribution < 1.29 is 0 Å². The van der Waals surface area contributed by atoms with Crippen LogP contribution in [0.5, 0.6) is 0 Å². The van der Waals surface area contributed by atoms with E-state index in [1.54, 1.807) is 0 Å². The third-order valence-corrected chi connectivity index (χ3v) is 5.19. The van der Waals surface area contributed by atoms with E-state index >= 15 is 0 Å². The van der Waals surface area contributed by atoms with E-state index in [2.05, 4.69) is 36.1 Å². The van der Waals surface area contributed by atoms with Gasteiger partial charge in [-0.2, -0.15) is 0 Å². The maximum Gasteiger partial charge on any atom is 0.0398 e. The first-order chi connectivity index (χ1) is 9.22. The van der Waals surface area contributed by atoms with Crippen LogP contribution in [0, 0.1) is 11.3 Å². The molecule has 2 nitrogen and oxygen atoms in total. The average molecular weight is 258 g/mol. The van der Waals surface area contributed by atoms with Crippen LogP contribution in [0.25, 0.3) is 0 Å². The Bertz CT molecular complexity index is 431. The van der Waals surface area contributed by atoms with Crippen molar-refractivity contribution in [3.05, 3.63) is 29.8 Å². The minimum atomic E-state index is 0.468. The van der Waals surface area contributed by atoms with Crippen LogP contribution in [0.1, 0.15) is 38.2 Å². The van der Waals surface area contributed by atoms with Crippen molar-refractivity contribution in [1.82, 2.24) is 0 Å². The van der Waals surface area contributed by atoms with Crippen LogP contribution < -0.4 is 10.6 Å². The number of nitrogens with zero attached hydrogens (tertiary/aromatic N) is 1. The highest BCUT2D eigenvalue weighted by molar-refractivity contribution is 5.55. The Morgan fingerprint density at radius 1 is 1.32 bits per heavy atom. The van der Waals surface area contributed by atoms with Gasteiger partial charge in [0.1, 0.15) is 0 Å². The van der Waals surface area contributed by atoms with Gasteiger partial charge in [0.15, 0.2) is 0 Å². The Kier molecular flexibility index (Phi) is 3.53. The summed E-state index contributed by atoms with van der Waals surface area (Å²) in [5, 5.41) is 0. The molecule has 0 bridgehead atoms. The van der Waals surface area contributed by atoms with Gasteiger partial charge in [0.05, 0.1) is 0 Å². The van der Waals surface area contributed by atoms with Gasteiger partial charge < -0.3 is 10.6 Å². The van der Waals surface area contributed by atoms with Gasteiger partial charge in [0.25, 0.3) is 0 Å². The van der Waals surface area contributed by atoms with Gasteiger partial charge in [0.2, 0.25) is 0 Å². The van der Waals surface area contributed by atoms with Gasteiger partial charge in [-0.15, -0.1) is 0 Å². The first kappa shape index (κ1) is 13.0. The fourth-order valence-electron chi connectivity index (χ4n) is 3.72. The number of hydrogen-bond acceptors (Lipinski definition) is 2. The fourth-order valence-corrected chi connectivity index (χ4v) is 3.72. The summed E-state index contributed by atoms with van der Waals surface area (Å²) in [6.45, 7) is 5.62. The van der Waals surface area contributed by atoms with Gasteiger partial charge in [-0.25, -0.2) is 0 Å². The molecule has 1 fully saturated rings. The molecule has 1 saturated carbocycles. The molecule has 1 aliphatic carbocycles. The zero-order valence-electron chi connectivity index (χ0n) is 12.1. The molecular formula is C17H26N2. The summed E-state index contributed by atoms with van der Waals surface area (Å²) in [5.74, 6) is 0.769. The standard InChI is InChI=1S/C17H26N2/c1-14-11-15-5-2-3-6-16(15)19(12-14)10-9-17(13-18)7-4-8-17/h2-3,5-6,14H,4,7-13,18H2,1H3. The highest BCUT2D eigenvalue weighted by Gasteiger charge is 2.36. The molecule has 0 spiro atoms. The summed E-state index contributed by atoms with van der Waals surface area (Å²) >= 11 is 0. The fraction of sp³-hybridized carbons (Fsp3) is 0.647. The van der Waals surface area contributed by atoms with Crippen LogP contribution in [0.4, 0.5) is 5.69 Å². The van der Waals surface area contributed by atoms with Crippen molar-refractivity contribution in [2.24, 2.45) is 17.1 Å². The summed E-state index contributed by atoms with van der Waals surface area (Å²) < 4.78 is 0. The third-order valence-electron chi connectivity index (χ3n) is 5.19. The monoisotopic (exact) mass is 258 g/mol. The lowest BCUT2D eigenvalue weighted by Gasteiger charge is -2.44. The molecule has 104 valence electrons. The Hall–Kier alpha value is -1.02. The van der Waals surface area contributed by atoms with Crippen LogP contribution in [-0.4, -0.2) is 19.6 Å². The molecular weight excluding hydrogens is 232 g/mol. The molecule has 0 saturated heterocycles. The van der Waals surface area contributed by atoms with Crippen LogP contribution in [0.15, 0.2) is 24.3 Å². The number of hydrogen-bond donors (Lipinski definition) is 1. The minimum absolute atomic E-state index is 0.468.